The van der Waals surface area contributed by atoms with Gasteiger partial charge in [-0.25, -0.2) is 13.7 Å². The van der Waals surface area contributed by atoms with Crippen LogP contribution in [-0.4, -0.2) is 74.2 Å². The third-order valence-corrected chi connectivity index (χ3v) is 7.71. The van der Waals surface area contributed by atoms with Crippen LogP contribution in [0.5, 0.6) is 0 Å². The molecular weight excluding hydrogens is 529 g/mol. The fraction of sp³-hybridized carbons (Fsp3) is 0.500. The van der Waals surface area contributed by atoms with Gasteiger partial charge in [-0.05, 0) is 0 Å². The van der Waals surface area contributed by atoms with E-state index in [9.17, 15) is 37.6 Å². The molecule has 0 bridgehead atoms. The Morgan fingerprint density at radius 1 is 1.00 bits per heavy atom. The summed E-state index contributed by atoms with van der Waals surface area (Å²) in [5.41, 5.74) is 4.46. The number of aliphatic hydroxyl groups is 2. The molecular formula is C10H14F2N5O13P3. The van der Waals surface area contributed by atoms with Crippen LogP contribution in [0.15, 0.2) is 0 Å². The molecule has 0 radical (unpaired) electrons. The van der Waals surface area contributed by atoms with Crippen molar-refractivity contribution in [3.63, 3.8) is 0 Å². The van der Waals surface area contributed by atoms with E-state index in [1.807, 2.05) is 0 Å². The largest absolute Gasteiger partial charge is 0.490 e. The zero-order valence-corrected chi connectivity index (χ0v) is 18.2. The molecule has 1 aliphatic heterocycles. The number of aliphatic hydroxyl groups excluding tert-OH is 2. The van der Waals surface area contributed by atoms with Crippen molar-refractivity contribution in [1.29, 1.82) is 0 Å². The average Bonchev–Trinajstić information content (AvgIpc) is 3.07. The molecule has 1 fully saturated rings. The summed E-state index contributed by atoms with van der Waals surface area (Å²) >= 11 is 0. The highest BCUT2D eigenvalue weighted by Gasteiger charge is 2.47. The van der Waals surface area contributed by atoms with Crippen molar-refractivity contribution in [2.75, 3.05) is 12.3 Å². The minimum Gasteiger partial charge on any atom is -0.387 e. The zero-order chi connectivity index (χ0) is 24.9. The van der Waals surface area contributed by atoms with E-state index in [1.54, 1.807) is 0 Å². The fourth-order valence-corrected chi connectivity index (χ4v) is 5.75. The van der Waals surface area contributed by atoms with Gasteiger partial charge in [0.05, 0.1) is 6.61 Å². The van der Waals surface area contributed by atoms with Crippen molar-refractivity contribution in [2.24, 2.45) is 0 Å². The molecule has 2 unspecified atom stereocenters. The summed E-state index contributed by atoms with van der Waals surface area (Å²) in [6.07, 6.45) is -10.2. The third kappa shape index (κ3) is 5.95. The number of nitrogen functional groups attached to an aromatic ring is 1. The molecule has 186 valence electrons. The molecule has 18 nitrogen and oxygen atoms in total. The molecule has 0 amide bonds. The first kappa shape index (κ1) is 26.1. The fourth-order valence-electron chi connectivity index (χ4n) is 2.72. The first-order valence-corrected chi connectivity index (χ1v) is 12.7. The lowest BCUT2D eigenvalue weighted by Crippen LogP contribution is -2.33. The van der Waals surface area contributed by atoms with Crippen LogP contribution >= 0.6 is 23.5 Å². The van der Waals surface area contributed by atoms with Crippen molar-refractivity contribution in [2.45, 2.75) is 24.5 Å². The minimum absolute atomic E-state index is 0.407. The maximum atomic E-state index is 14.4. The number of hydrogen-bond acceptors (Lipinski definition) is 13. The number of imidazole rings is 1. The lowest BCUT2D eigenvalue weighted by molar-refractivity contribution is -0.0550. The molecule has 1 saturated heterocycles. The van der Waals surface area contributed by atoms with E-state index in [0.717, 1.165) is 0 Å². The van der Waals surface area contributed by atoms with E-state index in [1.165, 1.54) is 0 Å². The van der Waals surface area contributed by atoms with Gasteiger partial charge in [0, 0.05) is 0 Å². The summed E-state index contributed by atoms with van der Waals surface area (Å²) in [6.45, 7) is -1.15. The quantitative estimate of drug-likeness (QED) is 0.115. The van der Waals surface area contributed by atoms with E-state index >= 15 is 0 Å². The molecule has 0 spiro atoms. The number of phosphoric ester groups is 1. The molecule has 2 aromatic heterocycles. The van der Waals surface area contributed by atoms with Crippen molar-refractivity contribution >= 4 is 40.4 Å². The monoisotopic (exact) mass is 543 g/mol. The maximum absolute atomic E-state index is 14.4. The summed E-state index contributed by atoms with van der Waals surface area (Å²) < 4.78 is 78.4. The molecule has 33 heavy (non-hydrogen) atoms. The van der Waals surface area contributed by atoms with E-state index < -0.39 is 83.8 Å². The topological polar surface area (TPSA) is 279 Å². The summed E-state index contributed by atoms with van der Waals surface area (Å²) in [5.74, 6) is -0.549. The van der Waals surface area contributed by atoms with Crippen LogP contribution in [0, 0.1) is 12.2 Å². The molecule has 8 N–H and O–H groups in total. The molecule has 0 aliphatic carbocycles. The first-order chi connectivity index (χ1) is 15.0. The Labute approximate surface area is 180 Å². The lowest BCUT2D eigenvalue weighted by Gasteiger charge is -2.19. The van der Waals surface area contributed by atoms with Crippen LogP contribution in [0.3, 0.4) is 0 Å². The van der Waals surface area contributed by atoms with E-state index in [2.05, 4.69) is 28.1 Å². The van der Waals surface area contributed by atoms with Gasteiger partial charge < -0.3 is 40.3 Å². The molecule has 3 rings (SSSR count). The predicted molar refractivity (Wildman–Crippen MR) is 95.4 cm³/mol. The Morgan fingerprint density at radius 3 is 2.24 bits per heavy atom. The van der Waals surface area contributed by atoms with E-state index in [-0.39, 0.29) is 0 Å². The van der Waals surface area contributed by atoms with Crippen molar-refractivity contribution < 1.29 is 70.1 Å². The van der Waals surface area contributed by atoms with Crippen molar-refractivity contribution in [1.82, 2.24) is 19.5 Å². The highest BCUT2D eigenvalue weighted by atomic mass is 31.3. The summed E-state index contributed by atoms with van der Waals surface area (Å²) in [7, 11) is -17.0. The summed E-state index contributed by atoms with van der Waals surface area (Å²) in [5, 5.41) is 20.3. The van der Waals surface area contributed by atoms with Crippen LogP contribution in [-0.2, 0) is 31.6 Å². The van der Waals surface area contributed by atoms with Gasteiger partial charge in [0.25, 0.3) is 6.08 Å². The van der Waals surface area contributed by atoms with Gasteiger partial charge in [-0.15, -0.1) is 0 Å². The SMILES string of the molecule is Nc1nc(F)nc2c1nc(F)n2[C@@H]1O[C@H](COP(=O)(O)OP(=O)(O)OP(=O)(O)O)[C@@H](O)[C@H]1O. The van der Waals surface area contributed by atoms with E-state index in [0.29, 0.717) is 4.57 Å². The predicted octanol–water partition coefficient (Wildman–Crippen LogP) is -1.35. The van der Waals surface area contributed by atoms with Crippen LogP contribution < -0.4 is 5.73 Å². The second kappa shape index (κ2) is 8.94. The van der Waals surface area contributed by atoms with Crippen LogP contribution in [0.25, 0.3) is 11.2 Å². The average molecular weight is 543 g/mol. The molecule has 2 aromatic rings. The van der Waals surface area contributed by atoms with Gasteiger partial charge in [0.2, 0.25) is 0 Å². The van der Waals surface area contributed by atoms with Gasteiger partial charge >= 0.3 is 29.5 Å². The zero-order valence-electron chi connectivity index (χ0n) is 15.5. The molecule has 6 atom stereocenters. The number of ether oxygens (including phenoxy) is 1. The number of nitrogens with zero attached hydrogens (tertiary/aromatic N) is 4. The maximum Gasteiger partial charge on any atom is 0.490 e. The van der Waals surface area contributed by atoms with E-state index in [4.69, 9.17) is 25.2 Å². The second-order valence-electron chi connectivity index (χ2n) is 6.23. The number of phosphoric acid groups is 3. The first-order valence-electron chi connectivity index (χ1n) is 8.16. The number of nitrogens with two attached hydrogens (primary N) is 1. The normalized spacial score (nSPS) is 27.5. The third-order valence-electron chi connectivity index (χ3n) is 3.91. The Kier molecular flexibility index (Phi) is 7.07. The summed E-state index contributed by atoms with van der Waals surface area (Å²) in [4.78, 5) is 45.3. The number of fused-ring (bicyclic) bond motifs is 1. The number of hydrogen-bond donors (Lipinski definition) is 7. The van der Waals surface area contributed by atoms with Gasteiger partial charge in [0.1, 0.15) is 18.3 Å². The smallest absolute Gasteiger partial charge is 0.387 e. The number of rotatable bonds is 8. The second-order valence-corrected chi connectivity index (χ2v) is 10.7. The highest BCUT2D eigenvalue weighted by molar-refractivity contribution is 7.66. The van der Waals surface area contributed by atoms with Crippen molar-refractivity contribution in [3.8, 4) is 0 Å². The Balaban J connectivity index is 1.76. The van der Waals surface area contributed by atoms with Crippen LogP contribution in [0.1, 0.15) is 6.23 Å². The molecule has 0 aromatic carbocycles. The Bertz CT molecular complexity index is 1210. The van der Waals surface area contributed by atoms with Crippen LogP contribution in [0.2, 0.25) is 0 Å². The molecule has 0 saturated carbocycles. The Hall–Kier alpha value is -1.50. The molecule has 23 heteroatoms. The van der Waals surface area contributed by atoms with Gasteiger partial charge in [-0.1, -0.05) is 0 Å². The standard InChI is InChI=1S/C10H14F2N5O13P3/c11-9-15-6(13)3-7(16-9)17(10(12)14-3)8-5(19)4(18)2(28-8)1-27-32(23,24)30-33(25,26)29-31(20,21)22/h2,4-5,8,18-19H,1H2,(H,23,24)(H,25,26)(H2,13,15,16)(H2,20,21,22)/t2-,4-,5-,8-/m1/s1. The molecule has 1 aliphatic rings. The molecule has 3 heterocycles. The summed E-state index contributed by atoms with van der Waals surface area (Å²) in [6, 6.07) is 0. The Morgan fingerprint density at radius 2 is 1.64 bits per heavy atom. The van der Waals surface area contributed by atoms with Crippen LogP contribution in [0.4, 0.5) is 14.6 Å². The number of halogens is 2. The number of anilines is 1. The van der Waals surface area contributed by atoms with Gasteiger partial charge in [0.15, 0.2) is 23.2 Å². The highest BCUT2D eigenvalue weighted by Crippen LogP contribution is 2.66. The number of aromatic nitrogens is 4. The van der Waals surface area contributed by atoms with Crippen molar-refractivity contribution in [3.05, 3.63) is 12.2 Å². The van der Waals surface area contributed by atoms with Gasteiger partial charge in [-0.2, -0.15) is 32.4 Å². The van der Waals surface area contributed by atoms with Gasteiger partial charge in [-0.3, -0.25) is 9.09 Å². The minimum atomic E-state index is -5.80. The lowest BCUT2D eigenvalue weighted by atomic mass is 10.1.